The summed E-state index contributed by atoms with van der Waals surface area (Å²) in [4.78, 5) is 32.4. The molecule has 28 heavy (non-hydrogen) atoms. The van der Waals surface area contributed by atoms with E-state index in [1.807, 2.05) is 41.3 Å². The van der Waals surface area contributed by atoms with Gasteiger partial charge in [-0.25, -0.2) is 0 Å². The third-order valence-electron chi connectivity index (χ3n) is 5.08. The summed E-state index contributed by atoms with van der Waals surface area (Å²) in [6.45, 7) is 11.0. The minimum atomic E-state index is -0.229. The molecule has 2 heterocycles. The van der Waals surface area contributed by atoms with Gasteiger partial charge in [0.25, 0.3) is 5.91 Å². The number of nitrogens with zero attached hydrogens (tertiary/aromatic N) is 3. The Hall–Kier alpha value is -2.89. The Morgan fingerprint density at radius 1 is 1.00 bits per heavy atom. The van der Waals surface area contributed by atoms with E-state index in [9.17, 15) is 9.59 Å². The van der Waals surface area contributed by atoms with Gasteiger partial charge in [0, 0.05) is 50.7 Å². The van der Waals surface area contributed by atoms with Crippen LogP contribution in [0.25, 0.3) is 0 Å². The third kappa shape index (κ3) is 4.68. The second-order valence-electron chi connectivity index (χ2n) is 8.17. The van der Waals surface area contributed by atoms with E-state index in [0.29, 0.717) is 18.8 Å². The lowest BCUT2D eigenvalue weighted by molar-refractivity contribution is -0.129. The second kappa shape index (κ2) is 8.00. The van der Waals surface area contributed by atoms with Gasteiger partial charge < -0.3 is 15.1 Å². The Balaban J connectivity index is 1.66. The molecule has 0 unspecified atom stereocenters. The fraction of sp³-hybridized carbons (Fsp3) is 0.409. The Kier molecular flexibility index (Phi) is 5.68. The molecule has 1 aromatic carbocycles. The number of carbonyl (C=O) groups is 2. The van der Waals surface area contributed by atoms with Crippen molar-refractivity contribution in [2.75, 3.05) is 36.4 Å². The van der Waals surface area contributed by atoms with Crippen molar-refractivity contribution in [3.63, 3.8) is 0 Å². The predicted molar refractivity (Wildman–Crippen MR) is 112 cm³/mol. The highest BCUT2D eigenvalue weighted by molar-refractivity contribution is 6.03. The van der Waals surface area contributed by atoms with Crippen LogP contribution in [0.3, 0.4) is 0 Å². The second-order valence-corrected chi connectivity index (χ2v) is 8.17. The first-order valence-electron chi connectivity index (χ1n) is 9.62. The molecule has 0 radical (unpaired) electrons. The molecular weight excluding hydrogens is 352 g/mol. The number of aromatic nitrogens is 1. The molecule has 1 N–H and O–H groups in total. The maximum atomic E-state index is 12.6. The zero-order valence-corrected chi connectivity index (χ0v) is 17.0. The number of hydrogen-bond acceptors (Lipinski definition) is 4. The van der Waals surface area contributed by atoms with Crippen molar-refractivity contribution in [2.45, 2.75) is 33.1 Å². The van der Waals surface area contributed by atoms with Crippen LogP contribution >= 0.6 is 0 Å². The zero-order valence-electron chi connectivity index (χ0n) is 17.0. The Bertz CT molecular complexity index is 848. The van der Waals surface area contributed by atoms with Crippen LogP contribution in [0.4, 0.5) is 11.4 Å². The van der Waals surface area contributed by atoms with Crippen LogP contribution in [-0.2, 0) is 10.2 Å². The molecule has 0 saturated carbocycles. The zero-order chi connectivity index (χ0) is 20.3. The topological polar surface area (TPSA) is 65.5 Å². The maximum absolute atomic E-state index is 12.6. The predicted octanol–water partition coefficient (Wildman–Crippen LogP) is 3.30. The largest absolute Gasteiger partial charge is 0.368 e. The van der Waals surface area contributed by atoms with Gasteiger partial charge in [0.2, 0.25) is 5.91 Å². The molecule has 0 bridgehead atoms. The first-order chi connectivity index (χ1) is 13.2. The van der Waals surface area contributed by atoms with Crippen molar-refractivity contribution < 1.29 is 9.59 Å². The number of hydrogen-bond donors (Lipinski definition) is 1. The summed E-state index contributed by atoms with van der Waals surface area (Å²) in [6.07, 6.45) is 1.66. The highest BCUT2D eigenvalue weighted by atomic mass is 16.2. The van der Waals surface area contributed by atoms with Crippen LogP contribution < -0.4 is 10.2 Å². The fourth-order valence-electron chi connectivity index (χ4n) is 3.27. The summed E-state index contributed by atoms with van der Waals surface area (Å²) >= 11 is 0. The lowest BCUT2D eigenvalue weighted by Crippen LogP contribution is -2.48. The lowest BCUT2D eigenvalue weighted by atomic mass is 9.87. The molecule has 1 saturated heterocycles. The van der Waals surface area contributed by atoms with Crippen molar-refractivity contribution in [3.05, 3.63) is 53.9 Å². The number of amides is 2. The van der Waals surface area contributed by atoms with Gasteiger partial charge in [0.1, 0.15) is 5.69 Å². The maximum Gasteiger partial charge on any atom is 0.274 e. The molecule has 2 aromatic rings. The summed E-state index contributed by atoms with van der Waals surface area (Å²) in [5.41, 5.74) is 3.37. The molecule has 2 amide bonds. The number of pyridine rings is 1. The molecule has 1 fully saturated rings. The van der Waals surface area contributed by atoms with Crippen LogP contribution in [0.2, 0.25) is 0 Å². The molecule has 0 aliphatic carbocycles. The van der Waals surface area contributed by atoms with Gasteiger partial charge in [-0.2, -0.15) is 0 Å². The van der Waals surface area contributed by atoms with Crippen LogP contribution in [0.1, 0.15) is 43.7 Å². The quantitative estimate of drug-likeness (QED) is 0.887. The fourth-order valence-corrected chi connectivity index (χ4v) is 3.27. The van der Waals surface area contributed by atoms with E-state index in [4.69, 9.17) is 0 Å². The Morgan fingerprint density at radius 3 is 2.21 bits per heavy atom. The van der Waals surface area contributed by atoms with Crippen molar-refractivity contribution in [1.82, 2.24) is 9.88 Å². The SMILES string of the molecule is CC(=O)N1CCN(c2ccnc(C(=O)Nc3ccc(C(C)(C)C)cc3)c2)CC1. The monoisotopic (exact) mass is 380 g/mol. The normalized spacial score (nSPS) is 14.7. The van der Waals surface area contributed by atoms with Gasteiger partial charge >= 0.3 is 0 Å². The Labute approximate surface area is 166 Å². The summed E-state index contributed by atoms with van der Waals surface area (Å²) in [7, 11) is 0. The highest BCUT2D eigenvalue weighted by Gasteiger charge is 2.20. The van der Waals surface area contributed by atoms with E-state index in [2.05, 4.69) is 36.0 Å². The van der Waals surface area contributed by atoms with Crippen LogP contribution in [0, 0.1) is 0 Å². The van der Waals surface area contributed by atoms with E-state index < -0.39 is 0 Å². The van der Waals surface area contributed by atoms with Gasteiger partial charge in [-0.1, -0.05) is 32.9 Å². The van der Waals surface area contributed by atoms with E-state index in [0.717, 1.165) is 24.5 Å². The summed E-state index contributed by atoms with van der Waals surface area (Å²) in [5, 5.41) is 2.92. The molecule has 1 aromatic heterocycles. The average Bonchev–Trinajstić information content (AvgIpc) is 2.68. The molecule has 0 spiro atoms. The molecular formula is C22H28N4O2. The first-order valence-corrected chi connectivity index (χ1v) is 9.62. The van der Waals surface area contributed by atoms with Gasteiger partial charge in [-0.15, -0.1) is 0 Å². The van der Waals surface area contributed by atoms with Gasteiger partial charge in [-0.3, -0.25) is 14.6 Å². The summed E-state index contributed by atoms with van der Waals surface area (Å²) in [6, 6.07) is 11.6. The number of nitrogens with one attached hydrogen (secondary N) is 1. The highest BCUT2D eigenvalue weighted by Crippen LogP contribution is 2.24. The molecule has 1 aliphatic rings. The lowest BCUT2D eigenvalue weighted by Gasteiger charge is -2.35. The number of anilines is 2. The summed E-state index contributed by atoms with van der Waals surface area (Å²) in [5.74, 6) is -0.125. The number of carbonyl (C=O) groups excluding carboxylic acids is 2. The summed E-state index contributed by atoms with van der Waals surface area (Å²) < 4.78 is 0. The van der Waals surface area contributed by atoms with Crippen LogP contribution in [0.15, 0.2) is 42.6 Å². The molecule has 0 atom stereocenters. The van der Waals surface area contributed by atoms with E-state index in [-0.39, 0.29) is 17.2 Å². The van der Waals surface area contributed by atoms with Crippen molar-refractivity contribution in [3.8, 4) is 0 Å². The van der Waals surface area contributed by atoms with Gasteiger partial charge in [0.05, 0.1) is 0 Å². The third-order valence-corrected chi connectivity index (χ3v) is 5.08. The minimum Gasteiger partial charge on any atom is -0.368 e. The van der Waals surface area contributed by atoms with E-state index >= 15 is 0 Å². The van der Waals surface area contributed by atoms with Crippen molar-refractivity contribution in [1.29, 1.82) is 0 Å². The van der Waals surface area contributed by atoms with Crippen molar-refractivity contribution in [2.24, 2.45) is 0 Å². The van der Waals surface area contributed by atoms with Gasteiger partial charge in [0.15, 0.2) is 0 Å². The number of piperazine rings is 1. The minimum absolute atomic E-state index is 0.0742. The van der Waals surface area contributed by atoms with Crippen molar-refractivity contribution >= 4 is 23.2 Å². The molecule has 148 valence electrons. The number of rotatable bonds is 3. The molecule has 1 aliphatic heterocycles. The molecule has 6 heteroatoms. The number of benzene rings is 1. The van der Waals surface area contributed by atoms with Crippen LogP contribution in [-0.4, -0.2) is 47.9 Å². The smallest absolute Gasteiger partial charge is 0.274 e. The average molecular weight is 380 g/mol. The molecule has 6 nitrogen and oxygen atoms in total. The standard InChI is InChI=1S/C22H28N4O2/c1-16(27)25-11-13-26(14-12-25)19-9-10-23-20(15-19)21(28)24-18-7-5-17(6-8-18)22(2,3)4/h5-10,15H,11-14H2,1-4H3,(H,24,28). The van der Waals surface area contributed by atoms with Gasteiger partial charge in [-0.05, 0) is 35.2 Å². The Morgan fingerprint density at radius 2 is 1.64 bits per heavy atom. The van der Waals surface area contributed by atoms with E-state index in [1.165, 1.54) is 5.56 Å². The van der Waals surface area contributed by atoms with E-state index in [1.54, 1.807) is 13.1 Å². The first kappa shape index (κ1) is 19.9. The van der Waals surface area contributed by atoms with Crippen LogP contribution in [0.5, 0.6) is 0 Å². The molecule has 3 rings (SSSR count).